The molecule has 84 valence electrons. The summed E-state index contributed by atoms with van der Waals surface area (Å²) in [6.07, 6.45) is 0. The monoisotopic (exact) mass is 235 g/mol. The summed E-state index contributed by atoms with van der Waals surface area (Å²) in [7, 11) is 1.93. The lowest BCUT2D eigenvalue weighted by atomic mass is 10.1. The maximum atomic E-state index is 6.13. The van der Waals surface area contributed by atoms with Crippen molar-refractivity contribution in [1.29, 1.82) is 0 Å². The number of hydrogen-bond acceptors (Lipinski definition) is 2. The summed E-state index contributed by atoms with van der Waals surface area (Å²) < 4.78 is 1.94. The van der Waals surface area contributed by atoms with Crippen LogP contribution in [0.3, 0.4) is 0 Å². The first-order chi connectivity index (χ1) is 7.63. The average Bonchev–Trinajstić information content (AvgIpc) is 2.53. The molecule has 0 atom stereocenters. The molecule has 0 saturated heterocycles. The Kier molecular flexibility index (Phi) is 2.99. The lowest BCUT2D eigenvalue weighted by molar-refractivity contribution is 0.799. The lowest BCUT2D eigenvalue weighted by Crippen LogP contribution is -2.05. The van der Waals surface area contributed by atoms with Crippen molar-refractivity contribution in [3.8, 4) is 11.3 Å². The van der Waals surface area contributed by atoms with E-state index in [0.717, 1.165) is 17.1 Å². The zero-order valence-corrected chi connectivity index (χ0v) is 10.1. The molecule has 0 saturated carbocycles. The van der Waals surface area contributed by atoms with Gasteiger partial charge in [-0.2, -0.15) is 0 Å². The summed E-state index contributed by atoms with van der Waals surface area (Å²) in [5, 5.41) is 0.508. The molecule has 2 aromatic rings. The number of benzene rings is 1. The van der Waals surface area contributed by atoms with Gasteiger partial charge in [0.2, 0.25) is 0 Å². The quantitative estimate of drug-likeness (QED) is 0.869. The minimum Gasteiger partial charge on any atom is -0.329 e. The number of aromatic nitrogens is 2. The van der Waals surface area contributed by atoms with E-state index in [1.807, 2.05) is 23.7 Å². The molecule has 0 aliphatic carbocycles. The maximum Gasteiger partial charge on any atom is 0.155 e. The van der Waals surface area contributed by atoms with Crippen molar-refractivity contribution in [2.24, 2.45) is 12.8 Å². The fourth-order valence-corrected chi connectivity index (χ4v) is 2.13. The Morgan fingerprint density at radius 2 is 2.19 bits per heavy atom. The van der Waals surface area contributed by atoms with Crippen LogP contribution in [0.1, 0.15) is 11.4 Å². The van der Waals surface area contributed by atoms with Crippen molar-refractivity contribution in [3.63, 3.8) is 0 Å². The summed E-state index contributed by atoms with van der Waals surface area (Å²) in [6, 6.07) is 8.17. The Balaban J connectivity index is 2.60. The minimum absolute atomic E-state index is 0.391. The summed E-state index contributed by atoms with van der Waals surface area (Å²) >= 11 is 6.13. The van der Waals surface area contributed by atoms with E-state index in [9.17, 15) is 0 Å². The molecule has 16 heavy (non-hydrogen) atoms. The number of nitrogens with two attached hydrogens (primary N) is 1. The summed E-state index contributed by atoms with van der Waals surface area (Å²) in [6.45, 7) is 2.44. The third-order valence-electron chi connectivity index (χ3n) is 2.62. The van der Waals surface area contributed by atoms with E-state index in [1.165, 1.54) is 5.56 Å². The van der Waals surface area contributed by atoms with Crippen LogP contribution in [0.15, 0.2) is 24.3 Å². The highest BCUT2D eigenvalue weighted by molar-refractivity contribution is 6.32. The molecule has 0 aliphatic heterocycles. The molecule has 0 aliphatic rings. The van der Waals surface area contributed by atoms with E-state index < -0.39 is 0 Å². The van der Waals surface area contributed by atoms with Gasteiger partial charge in [0.25, 0.3) is 0 Å². The van der Waals surface area contributed by atoms with Gasteiger partial charge in [-0.05, 0) is 13.0 Å². The highest BCUT2D eigenvalue weighted by Gasteiger charge is 2.13. The van der Waals surface area contributed by atoms with Gasteiger partial charge in [-0.25, -0.2) is 4.98 Å². The predicted molar refractivity (Wildman–Crippen MR) is 66.3 cm³/mol. The first-order valence-electron chi connectivity index (χ1n) is 5.11. The number of rotatable bonds is 2. The van der Waals surface area contributed by atoms with E-state index in [2.05, 4.69) is 24.0 Å². The second-order valence-electron chi connectivity index (χ2n) is 3.80. The van der Waals surface area contributed by atoms with E-state index in [0.29, 0.717) is 11.7 Å². The van der Waals surface area contributed by atoms with E-state index in [1.54, 1.807) is 0 Å². The Bertz CT molecular complexity index is 517. The zero-order chi connectivity index (χ0) is 11.7. The molecule has 0 spiro atoms. The summed E-state index contributed by atoms with van der Waals surface area (Å²) in [5.74, 6) is 0.793. The minimum atomic E-state index is 0.391. The Morgan fingerprint density at radius 3 is 2.75 bits per heavy atom. The van der Waals surface area contributed by atoms with Crippen LogP contribution in [0.25, 0.3) is 11.3 Å². The second-order valence-corrected chi connectivity index (χ2v) is 4.16. The van der Waals surface area contributed by atoms with E-state index in [4.69, 9.17) is 17.3 Å². The van der Waals surface area contributed by atoms with Gasteiger partial charge in [0.05, 0.1) is 12.2 Å². The first kappa shape index (κ1) is 11.2. The van der Waals surface area contributed by atoms with E-state index >= 15 is 0 Å². The average molecular weight is 236 g/mol. The number of hydrogen-bond donors (Lipinski definition) is 1. The van der Waals surface area contributed by atoms with Gasteiger partial charge in [-0.3, -0.25) is 0 Å². The highest BCUT2D eigenvalue weighted by Crippen LogP contribution is 2.28. The largest absolute Gasteiger partial charge is 0.329 e. The van der Waals surface area contributed by atoms with Crippen LogP contribution in [0, 0.1) is 6.92 Å². The molecular formula is C12H14ClN3. The lowest BCUT2D eigenvalue weighted by Gasteiger charge is -2.05. The second kappa shape index (κ2) is 4.28. The molecule has 0 fully saturated rings. The molecule has 2 N–H and O–H groups in total. The van der Waals surface area contributed by atoms with Crippen molar-refractivity contribution in [3.05, 3.63) is 40.8 Å². The van der Waals surface area contributed by atoms with Gasteiger partial charge in [-0.15, -0.1) is 0 Å². The van der Waals surface area contributed by atoms with Crippen LogP contribution in [0.4, 0.5) is 0 Å². The fraction of sp³-hybridized carbons (Fsp3) is 0.250. The SMILES string of the molecule is Cc1cccc(-c2c(Cl)nc(CN)n2C)c1. The number of halogens is 1. The molecule has 0 amide bonds. The molecule has 0 radical (unpaired) electrons. The molecule has 1 aromatic carbocycles. The van der Waals surface area contributed by atoms with Crippen LogP contribution in [-0.4, -0.2) is 9.55 Å². The van der Waals surface area contributed by atoms with Gasteiger partial charge in [0.1, 0.15) is 5.82 Å². The molecule has 1 heterocycles. The molecule has 0 bridgehead atoms. The smallest absolute Gasteiger partial charge is 0.155 e. The Labute approximate surface area is 99.9 Å². The van der Waals surface area contributed by atoms with Crippen molar-refractivity contribution in [2.75, 3.05) is 0 Å². The van der Waals surface area contributed by atoms with Gasteiger partial charge < -0.3 is 10.3 Å². The standard InChI is InChI=1S/C12H14ClN3/c1-8-4-3-5-9(6-8)11-12(13)15-10(7-14)16(11)2/h3-6H,7,14H2,1-2H3. The van der Waals surface area contributed by atoms with Crippen LogP contribution >= 0.6 is 11.6 Å². The van der Waals surface area contributed by atoms with Gasteiger partial charge in [-0.1, -0.05) is 35.4 Å². The third kappa shape index (κ3) is 1.84. The Morgan fingerprint density at radius 1 is 1.44 bits per heavy atom. The van der Waals surface area contributed by atoms with Crippen LogP contribution in [0.2, 0.25) is 5.15 Å². The van der Waals surface area contributed by atoms with Crippen LogP contribution in [-0.2, 0) is 13.6 Å². The van der Waals surface area contributed by atoms with Crippen molar-refractivity contribution in [2.45, 2.75) is 13.5 Å². The number of imidazole rings is 1. The van der Waals surface area contributed by atoms with Gasteiger partial charge >= 0.3 is 0 Å². The molecule has 1 aromatic heterocycles. The fourth-order valence-electron chi connectivity index (χ4n) is 1.80. The van der Waals surface area contributed by atoms with Gasteiger partial charge in [0, 0.05) is 12.6 Å². The topological polar surface area (TPSA) is 43.8 Å². The number of nitrogens with zero attached hydrogens (tertiary/aromatic N) is 2. The van der Waals surface area contributed by atoms with E-state index in [-0.39, 0.29) is 0 Å². The van der Waals surface area contributed by atoms with Gasteiger partial charge in [0.15, 0.2) is 5.15 Å². The van der Waals surface area contributed by atoms with Crippen LogP contribution < -0.4 is 5.73 Å². The maximum absolute atomic E-state index is 6.13. The highest BCUT2D eigenvalue weighted by atomic mass is 35.5. The zero-order valence-electron chi connectivity index (χ0n) is 9.37. The summed E-state index contributed by atoms with van der Waals surface area (Å²) in [4.78, 5) is 4.24. The predicted octanol–water partition coefficient (Wildman–Crippen LogP) is 2.51. The van der Waals surface area contributed by atoms with Crippen molar-refractivity contribution in [1.82, 2.24) is 9.55 Å². The molecule has 3 nitrogen and oxygen atoms in total. The molecule has 4 heteroatoms. The molecule has 0 unspecified atom stereocenters. The molecular weight excluding hydrogens is 222 g/mol. The molecule has 2 rings (SSSR count). The number of aryl methyl sites for hydroxylation is 1. The normalized spacial score (nSPS) is 10.8. The van der Waals surface area contributed by atoms with Crippen molar-refractivity contribution >= 4 is 11.6 Å². The summed E-state index contributed by atoms with van der Waals surface area (Å²) in [5.41, 5.74) is 8.79. The Hall–Kier alpha value is -1.32. The first-order valence-corrected chi connectivity index (χ1v) is 5.49. The third-order valence-corrected chi connectivity index (χ3v) is 2.88. The van der Waals surface area contributed by atoms with Crippen LogP contribution in [0.5, 0.6) is 0 Å². The van der Waals surface area contributed by atoms with Crippen molar-refractivity contribution < 1.29 is 0 Å².